The van der Waals surface area contributed by atoms with E-state index in [2.05, 4.69) is 33.7 Å². The summed E-state index contributed by atoms with van der Waals surface area (Å²) >= 11 is 0. The molecular weight excluding hydrogens is 202 g/mol. The first-order chi connectivity index (χ1) is 7.56. The molecule has 1 aliphatic rings. The van der Waals surface area contributed by atoms with Crippen LogP contribution in [0.2, 0.25) is 0 Å². The second-order valence-corrected chi connectivity index (χ2v) is 4.50. The van der Waals surface area contributed by atoms with Crippen LogP contribution >= 0.6 is 0 Å². The van der Waals surface area contributed by atoms with Gasteiger partial charge in [0.25, 0.3) is 0 Å². The number of hydrogen-bond donors (Lipinski definition) is 1. The summed E-state index contributed by atoms with van der Waals surface area (Å²) in [4.78, 5) is 13.2. The van der Waals surface area contributed by atoms with Crippen LogP contribution in [-0.2, 0) is 0 Å². The molecule has 0 amide bonds. The molecule has 2 heterocycles. The molecule has 1 aliphatic heterocycles. The molecule has 0 saturated carbocycles. The summed E-state index contributed by atoms with van der Waals surface area (Å²) in [6.07, 6.45) is 0. The van der Waals surface area contributed by atoms with Crippen molar-refractivity contribution in [2.75, 3.05) is 37.3 Å². The highest BCUT2D eigenvalue weighted by Crippen LogP contribution is 2.19. The summed E-state index contributed by atoms with van der Waals surface area (Å²) < 4.78 is 0. The minimum Gasteiger partial charge on any atom is -0.384 e. The molecule has 2 N–H and O–H groups in total. The van der Waals surface area contributed by atoms with Crippen LogP contribution in [0.25, 0.3) is 0 Å². The third-order valence-electron chi connectivity index (χ3n) is 2.97. The highest BCUT2D eigenvalue weighted by molar-refractivity contribution is 5.48. The lowest BCUT2D eigenvalue weighted by Gasteiger charge is -2.39. The Morgan fingerprint density at radius 3 is 2.75 bits per heavy atom. The first-order valence-corrected chi connectivity index (χ1v) is 5.62. The van der Waals surface area contributed by atoms with Crippen LogP contribution in [0.1, 0.15) is 12.7 Å². The largest absolute Gasteiger partial charge is 0.384 e. The summed E-state index contributed by atoms with van der Waals surface area (Å²) in [6.45, 7) is 7.20. The lowest BCUT2D eigenvalue weighted by molar-refractivity contribution is 0.274. The first-order valence-electron chi connectivity index (χ1n) is 5.62. The Balaban J connectivity index is 2.23. The zero-order chi connectivity index (χ0) is 11.7. The van der Waals surface area contributed by atoms with Gasteiger partial charge in [0, 0.05) is 31.7 Å². The van der Waals surface area contributed by atoms with E-state index in [0.29, 0.717) is 11.9 Å². The quantitative estimate of drug-likeness (QED) is 0.748. The van der Waals surface area contributed by atoms with Crippen LogP contribution in [-0.4, -0.2) is 47.6 Å². The summed E-state index contributed by atoms with van der Waals surface area (Å²) in [5.41, 5.74) is 5.75. The Morgan fingerprint density at radius 1 is 1.38 bits per heavy atom. The minimum atomic E-state index is 0.465. The molecule has 16 heavy (non-hydrogen) atoms. The average molecular weight is 221 g/mol. The van der Waals surface area contributed by atoms with Crippen molar-refractivity contribution in [3.05, 3.63) is 11.9 Å². The Labute approximate surface area is 96.3 Å². The smallest absolute Gasteiger partial charge is 0.134 e. The van der Waals surface area contributed by atoms with Gasteiger partial charge in [-0.05, 0) is 20.9 Å². The van der Waals surface area contributed by atoms with Gasteiger partial charge >= 0.3 is 0 Å². The maximum atomic E-state index is 5.75. The number of anilines is 2. The molecule has 1 atom stereocenters. The predicted molar refractivity (Wildman–Crippen MR) is 65.5 cm³/mol. The molecule has 1 aromatic heterocycles. The van der Waals surface area contributed by atoms with Crippen molar-refractivity contribution in [3.63, 3.8) is 0 Å². The van der Waals surface area contributed by atoms with Crippen molar-refractivity contribution in [1.82, 2.24) is 14.9 Å². The Hall–Kier alpha value is -1.36. The molecule has 0 aliphatic carbocycles. The van der Waals surface area contributed by atoms with Gasteiger partial charge in [0.15, 0.2) is 0 Å². The van der Waals surface area contributed by atoms with E-state index in [1.54, 1.807) is 0 Å². The number of hydrogen-bond acceptors (Lipinski definition) is 5. The van der Waals surface area contributed by atoms with Gasteiger partial charge in [0.1, 0.15) is 17.5 Å². The molecule has 88 valence electrons. The van der Waals surface area contributed by atoms with E-state index in [9.17, 15) is 0 Å². The van der Waals surface area contributed by atoms with E-state index in [-0.39, 0.29) is 0 Å². The SMILES string of the molecule is Cc1nc(N)cc(N2CCN(C)CC2C)n1. The Morgan fingerprint density at radius 2 is 2.12 bits per heavy atom. The van der Waals surface area contributed by atoms with Crippen molar-refractivity contribution in [1.29, 1.82) is 0 Å². The van der Waals surface area contributed by atoms with Crippen LogP contribution in [0.4, 0.5) is 11.6 Å². The van der Waals surface area contributed by atoms with Gasteiger partial charge in [-0.15, -0.1) is 0 Å². The van der Waals surface area contributed by atoms with Gasteiger partial charge in [0.2, 0.25) is 0 Å². The molecule has 1 saturated heterocycles. The van der Waals surface area contributed by atoms with E-state index in [4.69, 9.17) is 5.73 Å². The van der Waals surface area contributed by atoms with Gasteiger partial charge in [-0.2, -0.15) is 0 Å². The number of piperazine rings is 1. The third kappa shape index (κ3) is 2.24. The Bertz CT molecular complexity index is 358. The monoisotopic (exact) mass is 221 g/mol. The number of nitrogen functional groups attached to an aromatic ring is 1. The van der Waals surface area contributed by atoms with E-state index in [1.165, 1.54) is 0 Å². The lowest BCUT2D eigenvalue weighted by atomic mass is 10.2. The van der Waals surface area contributed by atoms with Gasteiger partial charge in [-0.1, -0.05) is 0 Å². The summed E-state index contributed by atoms with van der Waals surface area (Å²) in [5, 5.41) is 0. The fourth-order valence-electron chi connectivity index (χ4n) is 2.20. The Kier molecular flexibility index (Phi) is 2.96. The molecule has 0 bridgehead atoms. The lowest BCUT2D eigenvalue weighted by Crippen LogP contribution is -2.50. The van der Waals surface area contributed by atoms with Crippen molar-refractivity contribution >= 4 is 11.6 Å². The first kappa shape index (κ1) is 11.1. The highest BCUT2D eigenvalue weighted by atomic mass is 15.3. The van der Waals surface area contributed by atoms with Crippen LogP contribution in [0, 0.1) is 6.92 Å². The number of aromatic nitrogens is 2. The number of nitrogens with zero attached hydrogens (tertiary/aromatic N) is 4. The summed E-state index contributed by atoms with van der Waals surface area (Å²) in [7, 11) is 2.15. The van der Waals surface area contributed by atoms with Gasteiger partial charge in [0.05, 0.1) is 0 Å². The van der Waals surface area contributed by atoms with Gasteiger partial charge in [-0.25, -0.2) is 9.97 Å². The number of rotatable bonds is 1. The normalized spacial score (nSPS) is 22.4. The fourth-order valence-corrected chi connectivity index (χ4v) is 2.20. The van der Waals surface area contributed by atoms with Crippen LogP contribution in [0.15, 0.2) is 6.07 Å². The van der Waals surface area contributed by atoms with Gasteiger partial charge in [-0.3, -0.25) is 0 Å². The van der Waals surface area contributed by atoms with Gasteiger partial charge < -0.3 is 15.5 Å². The number of likely N-dealkylation sites (N-methyl/N-ethyl adjacent to an activating group) is 1. The predicted octanol–water partition coefficient (Wildman–Crippen LogP) is 0.508. The number of nitrogens with two attached hydrogens (primary N) is 1. The maximum absolute atomic E-state index is 5.75. The summed E-state index contributed by atoms with van der Waals surface area (Å²) in [6, 6.07) is 2.32. The van der Waals surface area contributed by atoms with E-state index >= 15 is 0 Å². The zero-order valence-corrected chi connectivity index (χ0v) is 10.1. The molecule has 1 aromatic rings. The van der Waals surface area contributed by atoms with Crippen molar-refractivity contribution in [2.45, 2.75) is 19.9 Å². The van der Waals surface area contributed by atoms with E-state index in [1.807, 2.05) is 13.0 Å². The molecule has 2 rings (SSSR count). The molecule has 5 nitrogen and oxygen atoms in total. The number of aryl methyl sites for hydroxylation is 1. The van der Waals surface area contributed by atoms with Crippen LogP contribution in [0.5, 0.6) is 0 Å². The third-order valence-corrected chi connectivity index (χ3v) is 2.97. The van der Waals surface area contributed by atoms with Crippen LogP contribution < -0.4 is 10.6 Å². The standard InChI is InChI=1S/C11H19N5/c1-8-7-15(3)4-5-16(8)11-6-10(12)13-9(2)14-11/h6,8H,4-5,7H2,1-3H3,(H2,12,13,14). The molecule has 5 heteroatoms. The second kappa shape index (κ2) is 4.25. The molecule has 1 unspecified atom stereocenters. The molecule has 0 radical (unpaired) electrons. The zero-order valence-electron chi connectivity index (χ0n) is 10.1. The molecule has 0 spiro atoms. The fraction of sp³-hybridized carbons (Fsp3) is 0.636. The molecule has 0 aromatic carbocycles. The summed E-state index contributed by atoms with van der Waals surface area (Å²) in [5.74, 6) is 2.24. The minimum absolute atomic E-state index is 0.465. The average Bonchev–Trinajstić information content (AvgIpc) is 2.15. The van der Waals surface area contributed by atoms with Crippen molar-refractivity contribution in [2.24, 2.45) is 0 Å². The second-order valence-electron chi connectivity index (χ2n) is 4.50. The maximum Gasteiger partial charge on any atom is 0.134 e. The highest BCUT2D eigenvalue weighted by Gasteiger charge is 2.22. The molecule has 1 fully saturated rings. The van der Waals surface area contributed by atoms with Crippen molar-refractivity contribution < 1.29 is 0 Å². The topological polar surface area (TPSA) is 58.3 Å². The molecular formula is C11H19N5. The van der Waals surface area contributed by atoms with E-state index < -0.39 is 0 Å². The van der Waals surface area contributed by atoms with Crippen molar-refractivity contribution in [3.8, 4) is 0 Å². The van der Waals surface area contributed by atoms with E-state index in [0.717, 1.165) is 31.3 Å². The van der Waals surface area contributed by atoms with Crippen LogP contribution in [0.3, 0.4) is 0 Å².